The highest BCUT2D eigenvalue weighted by atomic mass is 16.5. The molecule has 0 atom stereocenters. The van der Waals surface area contributed by atoms with E-state index in [4.69, 9.17) is 9.47 Å². The van der Waals surface area contributed by atoms with Gasteiger partial charge >= 0.3 is 0 Å². The van der Waals surface area contributed by atoms with Gasteiger partial charge in [0.25, 0.3) is 0 Å². The zero-order chi connectivity index (χ0) is 26.6. The van der Waals surface area contributed by atoms with Crippen molar-refractivity contribution in [2.45, 2.75) is 58.8 Å². The Labute approximate surface area is 227 Å². The van der Waals surface area contributed by atoms with Crippen LogP contribution in [0.25, 0.3) is 5.57 Å². The Hall–Kier alpha value is -3.66. The van der Waals surface area contributed by atoms with Crippen LogP contribution in [-0.4, -0.2) is 31.8 Å². The predicted octanol–water partition coefficient (Wildman–Crippen LogP) is 8.14. The smallest absolute Gasteiger partial charge is 0.189 e. The fraction of sp³-hybridized carbons (Fsp3) is 0.353. The molecule has 1 aliphatic carbocycles. The molecule has 3 aromatic carbocycles. The predicted molar refractivity (Wildman–Crippen MR) is 157 cm³/mol. The Morgan fingerprint density at radius 3 is 2.37 bits per heavy atom. The van der Waals surface area contributed by atoms with E-state index in [9.17, 15) is 4.79 Å². The summed E-state index contributed by atoms with van der Waals surface area (Å²) in [5.74, 6) is 1.70. The van der Waals surface area contributed by atoms with Gasteiger partial charge in [-0.15, -0.1) is 0 Å². The third-order valence-corrected chi connectivity index (χ3v) is 6.83. The summed E-state index contributed by atoms with van der Waals surface area (Å²) < 4.78 is 11.9. The van der Waals surface area contributed by atoms with Crippen LogP contribution in [0.5, 0.6) is 11.5 Å². The fourth-order valence-electron chi connectivity index (χ4n) is 4.72. The summed E-state index contributed by atoms with van der Waals surface area (Å²) >= 11 is 0. The lowest BCUT2D eigenvalue weighted by Crippen LogP contribution is -2.05. The third kappa shape index (κ3) is 7.22. The lowest BCUT2D eigenvalue weighted by molar-refractivity contribution is 0.103. The number of hydrogen-bond acceptors (Lipinski definition) is 4. The van der Waals surface area contributed by atoms with Crippen LogP contribution in [0, 0.1) is 0 Å². The van der Waals surface area contributed by atoms with Gasteiger partial charge in [0.15, 0.2) is 5.78 Å². The van der Waals surface area contributed by atoms with Gasteiger partial charge in [0.2, 0.25) is 0 Å². The molecule has 0 bridgehead atoms. The first-order valence-corrected chi connectivity index (χ1v) is 14.0. The minimum Gasteiger partial charge on any atom is -0.494 e. The molecule has 0 saturated carbocycles. The molecule has 0 saturated heterocycles. The van der Waals surface area contributed by atoms with Gasteiger partial charge in [0, 0.05) is 30.3 Å². The minimum absolute atomic E-state index is 0.0701. The fourth-order valence-corrected chi connectivity index (χ4v) is 4.72. The maximum atomic E-state index is 13.6. The summed E-state index contributed by atoms with van der Waals surface area (Å²) in [6.07, 6.45) is 9.44. The van der Waals surface area contributed by atoms with E-state index >= 15 is 0 Å². The molecule has 0 fully saturated rings. The number of ketones is 1. The second-order valence-electron chi connectivity index (χ2n) is 9.73. The maximum absolute atomic E-state index is 13.6. The van der Waals surface area contributed by atoms with E-state index in [1.807, 2.05) is 66.9 Å². The average molecular weight is 510 g/mol. The summed E-state index contributed by atoms with van der Waals surface area (Å²) in [6, 6.07) is 23.8. The number of aliphatic imine (C=N–C) groups is 1. The summed E-state index contributed by atoms with van der Waals surface area (Å²) in [4.78, 5) is 18.1. The Bertz CT molecular complexity index is 1240. The number of Topliss-reactive ketones (excluding diaryl/α,β-unsaturated/α-hetero) is 1. The molecule has 0 N–H and O–H groups in total. The number of hydrogen-bond donors (Lipinski definition) is 0. The van der Waals surface area contributed by atoms with E-state index in [-0.39, 0.29) is 5.78 Å². The van der Waals surface area contributed by atoms with Crippen LogP contribution in [0.4, 0.5) is 0 Å². The second kappa shape index (κ2) is 14.3. The Morgan fingerprint density at radius 1 is 0.842 bits per heavy atom. The highest BCUT2D eigenvalue weighted by molar-refractivity contribution is 6.16. The number of ether oxygens (including phenoxy) is 2. The van der Waals surface area contributed by atoms with Crippen LogP contribution in [0.15, 0.2) is 83.4 Å². The van der Waals surface area contributed by atoms with E-state index in [1.54, 1.807) is 0 Å². The number of nitrogens with zero attached hydrogens (tertiary/aromatic N) is 1. The number of unbranched alkanes of at least 4 members (excludes halogenated alkanes) is 4. The van der Waals surface area contributed by atoms with Gasteiger partial charge in [0.1, 0.15) is 18.1 Å². The highest BCUT2D eigenvalue weighted by Crippen LogP contribution is 2.41. The molecule has 0 spiro atoms. The monoisotopic (exact) mass is 509 g/mol. The normalized spacial score (nSPS) is 12.7. The van der Waals surface area contributed by atoms with Gasteiger partial charge in [-0.25, -0.2) is 0 Å². The van der Waals surface area contributed by atoms with Gasteiger partial charge in [0.05, 0.1) is 6.61 Å². The molecule has 4 rings (SSSR count). The van der Waals surface area contributed by atoms with Crippen molar-refractivity contribution in [3.63, 3.8) is 0 Å². The number of benzene rings is 3. The van der Waals surface area contributed by atoms with Gasteiger partial charge < -0.3 is 9.47 Å². The van der Waals surface area contributed by atoms with Crippen molar-refractivity contribution in [3.8, 4) is 11.5 Å². The molecule has 0 radical (unpaired) electrons. The maximum Gasteiger partial charge on any atom is 0.189 e. The van der Waals surface area contributed by atoms with Gasteiger partial charge in [-0.2, -0.15) is 0 Å². The van der Waals surface area contributed by atoms with Crippen molar-refractivity contribution < 1.29 is 14.3 Å². The molecule has 3 aromatic rings. The first kappa shape index (κ1) is 27.4. The molecular formula is C34H39NO3. The number of rotatable bonds is 15. The molecule has 4 nitrogen and oxygen atoms in total. The Balaban J connectivity index is 1.54. The van der Waals surface area contributed by atoms with Crippen LogP contribution in [-0.2, 0) is 6.42 Å². The summed E-state index contributed by atoms with van der Waals surface area (Å²) in [7, 11) is 0. The quantitative estimate of drug-likeness (QED) is 0.118. The van der Waals surface area contributed by atoms with E-state index in [1.165, 1.54) is 19.3 Å². The van der Waals surface area contributed by atoms with E-state index in [0.717, 1.165) is 65.1 Å². The van der Waals surface area contributed by atoms with Crippen LogP contribution >= 0.6 is 0 Å². The first-order valence-electron chi connectivity index (χ1n) is 14.0. The number of fused-ring (bicyclic) bond motifs is 1. The number of allylic oxidation sites excluding steroid dienone is 1. The molecule has 0 unspecified atom stereocenters. The van der Waals surface area contributed by atoms with Gasteiger partial charge in [-0.1, -0.05) is 88.1 Å². The van der Waals surface area contributed by atoms with E-state index in [2.05, 4.69) is 31.0 Å². The molecule has 4 heteroatoms. The Kier molecular flexibility index (Phi) is 10.3. The molecule has 0 heterocycles. The van der Waals surface area contributed by atoms with Crippen molar-refractivity contribution in [1.29, 1.82) is 0 Å². The van der Waals surface area contributed by atoms with Crippen molar-refractivity contribution in [2.75, 3.05) is 19.8 Å². The highest BCUT2D eigenvalue weighted by Gasteiger charge is 2.28. The standard InChI is InChI=1S/C34H39NO3/c1-3-5-7-11-20-35-21-23-38-29-17-14-26(15-18-29)33-31-25-30(37-22-6-4-2)19-16-28(31)24-32(33)34(36)27-12-9-8-10-13-27/h8-10,12-19,21,25H,3-7,11,20,22-24H2,1-2H3. The van der Waals surface area contributed by atoms with Crippen molar-refractivity contribution in [3.05, 3.63) is 101 Å². The molecule has 198 valence electrons. The van der Waals surface area contributed by atoms with Crippen molar-refractivity contribution in [2.24, 2.45) is 4.99 Å². The average Bonchev–Trinajstić information content (AvgIpc) is 3.34. The number of carbonyl (C=O) groups excluding carboxylic acids is 1. The van der Waals surface area contributed by atoms with E-state index < -0.39 is 0 Å². The van der Waals surface area contributed by atoms with Crippen LogP contribution in [0.2, 0.25) is 0 Å². The molecular weight excluding hydrogens is 470 g/mol. The largest absolute Gasteiger partial charge is 0.494 e. The topological polar surface area (TPSA) is 47.9 Å². The molecule has 38 heavy (non-hydrogen) atoms. The Morgan fingerprint density at radius 2 is 1.61 bits per heavy atom. The third-order valence-electron chi connectivity index (χ3n) is 6.83. The lowest BCUT2D eigenvalue weighted by Gasteiger charge is -2.12. The van der Waals surface area contributed by atoms with E-state index in [0.29, 0.717) is 25.2 Å². The molecule has 0 aromatic heterocycles. The van der Waals surface area contributed by atoms with Gasteiger partial charge in [-0.05, 0) is 59.4 Å². The zero-order valence-corrected chi connectivity index (χ0v) is 22.7. The molecule has 0 aliphatic heterocycles. The SMILES string of the molecule is CCCCCCN=CCOc1ccc(C2=C(C(=O)c3ccccc3)Cc3ccc(OCCCC)cc32)cc1. The summed E-state index contributed by atoms with van der Waals surface area (Å²) in [6.45, 7) is 6.38. The summed E-state index contributed by atoms with van der Waals surface area (Å²) in [5, 5.41) is 0. The second-order valence-corrected chi connectivity index (χ2v) is 9.73. The minimum atomic E-state index is 0.0701. The van der Waals surface area contributed by atoms with Gasteiger partial charge in [-0.3, -0.25) is 9.79 Å². The molecule has 0 amide bonds. The van der Waals surface area contributed by atoms with Crippen LogP contribution < -0.4 is 9.47 Å². The number of carbonyl (C=O) groups is 1. The molecule has 1 aliphatic rings. The van der Waals surface area contributed by atoms with Crippen LogP contribution in [0.3, 0.4) is 0 Å². The lowest BCUT2D eigenvalue weighted by atomic mass is 9.94. The first-order chi connectivity index (χ1) is 18.7. The summed E-state index contributed by atoms with van der Waals surface area (Å²) in [5.41, 5.74) is 5.74. The van der Waals surface area contributed by atoms with Crippen molar-refractivity contribution in [1.82, 2.24) is 0 Å². The van der Waals surface area contributed by atoms with Crippen molar-refractivity contribution >= 4 is 17.6 Å². The zero-order valence-electron chi connectivity index (χ0n) is 22.7. The van der Waals surface area contributed by atoms with Crippen LogP contribution in [0.1, 0.15) is 79.4 Å².